The second-order valence-electron chi connectivity index (χ2n) is 2.83. The number of hydrogen-bond acceptors (Lipinski definition) is 4. The molecule has 0 atom stereocenters. The van der Waals surface area contributed by atoms with Gasteiger partial charge in [-0.15, -0.1) is 0 Å². The van der Waals surface area contributed by atoms with Gasteiger partial charge in [-0.2, -0.15) is 0 Å². The van der Waals surface area contributed by atoms with Gasteiger partial charge in [0, 0.05) is 11.4 Å². The van der Waals surface area contributed by atoms with Crippen molar-refractivity contribution in [3.05, 3.63) is 41.2 Å². The maximum absolute atomic E-state index is 6.08. The highest BCUT2D eigenvalue weighted by Crippen LogP contribution is 2.34. The van der Waals surface area contributed by atoms with E-state index in [1.54, 1.807) is 6.20 Å². The summed E-state index contributed by atoms with van der Waals surface area (Å²) >= 11 is 7.46. The lowest BCUT2D eigenvalue weighted by Gasteiger charge is -2.06. The third kappa shape index (κ3) is 2.34. The van der Waals surface area contributed by atoms with Crippen LogP contribution in [0.25, 0.3) is 0 Å². The molecule has 1 heterocycles. The Morgan fingerprint density at radius 2 is 2.33 bits per heavy atom. The number of nitrogens with two attached hydrogens (primary N) is 1. The number of oxazole rings is 1. The van der Waals surface area contributed by atoms with Crippen LogP contribution in [0.5, 0.6) is 0 Å². The minimum absolute atomic E-state index is 0.448. The van der Waals surface area contributed by atoms with E-state index in [-0.39, 0.29) is 0 Å². The van der Waals surface area contributed by atoms with E-state index < -0.39 is 0 Å². The van der Waals surface area contributed by atoms with E-state index in [9.17, 15) is 0 Å². The van der Waals surface area contributed by atoms with Gasteiger partial charge in [0.2, 0.25) is 0 Å². The first-order valence-electron chi connectivity index (χ1n) is 4.36. The van der Waals surface area contributed by atoms with Gasteiger partial charge in [0.1, 0.15) is 6.26 Å². The van der Waals surface area contributed by atoms with Crippen LogP contribution in [0.15, 0.2) is 45.2 Å². The van der Waals surface area contributed by atoms with Crippen molar-refractivity contribution in [2.45, 2.75) is 16.7 Å². The van der Waals surface area contributed by atoms with Crippen LogP contribution < -0.4 is 5.73 Å². The van der Waals surface area contributed by atoms with Crippen molar-refractivity contribution in [3.63, 3.8) is 0 Å². The monoisotopic (exact) mass is 240 g/mol. The number of halogens is 1. The van der Waals surface area contributed by atoms with Crippen LogP contribution in [0.2, 0.25) is 5.02 Å². The van der Waals surface area contributed by atoms with E-state index in [4.69, 9.17) is 21.8 Å². The van der Waals surface area contributed by atoms with Crippen LogP contribution in [0, 0.1) is 0 Å². The lowest BCUT2D eigenvalue weighted by molar-refractivity contribution is 0.454. The molecule has 0 radical (unpaired) electrons. The molecule has 1 aromatic carbocycles. The maximum atomic E-state index is 6.08. The van der Waals surface area contributed by atoms with E-state index in [1.165, 1.54) is 18.0 Å². The molecule has 0 saturated heterocycles. The Morgan fingerprint density at radius 3 is 3.00 bits per heavy atom. The standard InChI is InChI=1S/C10H9ClN2OS/c11-8-3-1-2-7(6-12)9(8)15-10-13-4-5-14-10/h1-5H,6,12H2. The number of aromatic nitrogens is 1. The lowest BCUT2D eigenvalue weighted by Crippen LogP contribution is -1.98. The van der Waals surface area contributed by atoms with Gasteiger partial charge in [-0.3, -0.25) is 0 Å². The van der Waals surface area contributed by atoms with Crippen molar-refractivity contribution in [1.29, 1.82) is 0 Å². The molecule has 0 spiro atoms. The Hall–Kier alpha value is -0.970. The summed E-state index contributed by atoms with van der Waals surface area (Å²) in [4.78, 5) is 4.93. The van der Waals surface area contributed by atoms with Gasteiger partial charge in [-0.05, 0) is 23.4 Å². The summed E-state index contributed by atoms with van der Waals surface area (Å²) in [7, 11) is 0. The van der Waals surface area contributed by atoms with Gasteiger partial charge < -0.3 is 10.2 Å². The Morgan fingerprint density at radius 1 is 1.47 bits per heavy atom. The van der Waals surface area contributed by atoms with Crippen LogP contribution in [-0.2, 0) is 6.54 Å². The molecule has 0 aliphatic heterocycles. The topological polar surface area (TPSA) is 52.0 Å². The van der Waals surface area contributed by atoms with Crippen LogP contribution in [-0.4, -0.2) is 4.98 Å². The van der Waals surface area contributed by atoms with E-state index in [0.717, 1.165) is 10.5 Å². The molecule has 0 amide bonds. The Labute approximate surface area is 96.6 Å². The molecule has 2 N–H and O–H groups in total. The second-order valence-corrected chi connectivity index (χ2v) is 4.20. The van der Waals surface area contributed by atoms with Gasteiger partial charge in [0.15, 0.2) is 0 Å². The zero-order valence-corrected chi connectivity index (χ0v) is 9.39. The van der Waals surface area contributed by atoms with E-state index in [2.05, 4.69) is 4.98 Å². The van der Waals surface area contributed by atoms with E-state index >= 15 is 0 Å². The van der Waals surface area contributed by atoms with Crippen LogP contribution in [0.1, 0.15) is 5.56 Å². The average Bonchev–Trinajstić information content (AvgIpc) is 2.74. The molecule has 78 valence electrons. The normalized spacial score (nSPS) is 10.5. The quantitative estimate of drug-likeness (QED) is 0.896. The molecule has 15 heavy (non-hydrogen) atoms. The maximum Gasteiger partial charge on any atom is 0.260 e. The van der Waals surface area contributed by atoms with Crippen molar-refractivity contribution in [2.24, 2.45) is 5.73 Å². The van der Waals surface area contributed by atoms with Gasteiger partial charge in [-0.1, -0.05) is 23.7 Å². The van der Waals surface area contributed by atoms with Crippen molar-refractivity contribution in [1.82, 2.24) is 4.98 Å². The smallest absolute Gasteiger partial charge is 0.260 e. The minimum Gasteiger partial charge on any atom is -0.440 e. The van der Waals surface area contributed by atoms with Gasteiger partial charge in [0.05, 0.1) is 11.2 Å². The van der Waals surface area contributed by atoms with Crippen molar-refractivity contribution >= 4 is 23.4 Å². The summed E-state index contributed by atoms with van der Waals surface area (Å²) < 4.78 is 5.14. The Balaban J connectivity index is 2.34. The van der Waals surface area contributed by atoms with Crippen molar-refractivity contribution < 1.29 is 4.42 Å². The molecule has 1 aromatic heterocycles. The molecule has 5 heteroatoms. The molecule has 0 unspecified atom stereocenters. The van der Waals surface area contributed by atoms with Crippen LogP contribution in [0.4, 0.5) is 0 Å². The molecule has 0 bridgehead atoms. The summed E-state index contributed by atoms with van der Waals surface area (Å²) in [5.74, 6) is 0. The van der Waals surface area contributed by atoms with Gasteiger partial charge >= 0.3 is 0 Å². The Kier molecular flexibility index (Phi) is 3.30. The average molecular weight is 241 g/mol. The summed E-state index contributed by atoms with van der Waals surface area (Å²) in [5.41, 5.74) is 6.62. The molecule has 0 saturated carbocycles. The van der Waals surface area contributed by atoms with Crippen molar-refractivity contribution in [2.75, 3.05) is 0 Å². The predicted molar refractivity (Wildman–Crippen MR) is 60.0 cm³/mol. The molecule has 2 aromatic rings. The van der Waals surface area contributed by atoms with Crippen LogP contribution in [0.3, 0.4) is 0 Å². The SMILES string of the molecule is NCc1cccc(Cl)c1Sc1ncco1. The zero-order valence-electron chi connectivity index (χ0n) is 7.81. The van der Waals surface area contributed by atoms with Gasteiger partial charge in [-0.25, -0.2) is 4.98 Å². The third-order valence-corrected chi connectivity index (χ3v) is 3.36. The lowest BCUT2D eigenvalue weighted by atomic mass is 10.2. The molecule has 3 nitrogen and oxygen atoms in total. The summed E-state index contributed by atoms with van der Waals surface area (Å²) in [6, 6.07) is 5.65. The highest BCUT2D eigenvalue weighted by atomic mass is 35.5. The number of benzene rings is 1. The van der Waals surface area contributed by atoms with E-state index in [1.807, 2.05) is 18.2 Å². The molecule has 0 fully saturated rings. The third-order valence-electron chi connectivity index (χ3n) is 1.87. The molecule has 2 rings (SSSR count). The Bertz CT molecular complexity index is 445. The summed E-state index contributed by atoms with van der Waals surface area (Å²) in [6.07, 6.45) is 3.13. The number of hydrogen-bond donors (Lipinski definition) is 1. The first-order chi connectivity index (χ1) is 7.31. The van der Waals surface area contributed by atoms with Crippen molar-refractivity contribution in [3.8, 4) is 0 Å². The first kappa shape index (κ1) is 10.5. The fourth-order valence-electron chi connectivity index (χ4n) is 1.18. The largest absolute Gasteiger partial charge is 0.440 e. The molecular formula is C10H9ClN2OS. The fourth-order valence-corrected chi connectivity index (χ4v) is 2.33. The molecule has 0 aliphatic carbocycles. The number of nitrogens with zero attached hydrogens (tertiary/aromatic N) is 1. The molecular weight excluding hydrogens is 232 g/mol. The minimum atomic E-state index is 0.448. The molecule has 0 aliphatic rings. The van der Waals surface area contributed by atoms with Crippen LogP contribution >= 0.6 is 23.4 Å². The fraction of sp³-hybridized carbons (Fsp3) is 0.100. The highest BCUT2D eigenvalue weighted by molar-refractivity contribution is 7.99. The predicted octanol–water partition coefficient (Wildman–Crippen LogP) is 2.94. The second kappa shape index (κ2) is 4.70. The first-order valence-corrected chi connectivity index (χ1v) is 5.55. The summed E-state index contributed by atoms with van der Waals surface area (Å²) in [5, 5.41) is 1.24. The zero-order chi connectivity index (χ0) is 10.7. The summed E-state index contributed by atoms with van der Waals surface area (Å²) in [6.45, 7) is 0.448. The van der Waals surface area contributed by atoms with Gasteiger partial charge in [0.25, 0.3) is 5.22 Å². The number of rotatable bonds is 3. The van der Waals surface area contributed by atoms with E-state index in [0.29, 0.717) is 16.8 Å². The highest BCUT2D eigenvalue weighted by Gasteiger charge is 2.09.